The molecule has 0 radical (unpaired) electrons. The van der Waals surface area contributed by atoms with Crippen LogP contribution >= 0.6 is 43.2 Å². The Labute approximate surface area is 138 Å². The number of halogens is 2. The molecule has 20 heavy (non-hydrogen) atoms. The van der Waals surface area contributed by atoms with Gasteiger partial charge in [-0.1, -0.05) is 0 Å². The van der Waals surface area contributed by atoms with Crippen LogP contribution in [-0.4, -0.2) is 20.4 Å². The van der Waals surface area contributed by atoms with Gasteiger partial charge in [0, 0.05) is 33.6 Å². The van der Waals surface area contributed by atoms with Crippen LogP contribution in [0.5, 0.6) is 0 Å². The molecule has 0 fully saturated rings. The van der Waals surface area contributed by atoms with Gasteiger partial charge in [-0.15, -0.1) is 11.3 Å². The van der Waals surface area contributed by atoms with Gasteiger partial charge in [-0.25, -0.2) is 18.1 Å². The number of hydrogen-bond acceptors (Lipinski definition) is 5. The van der Waals surface area contributed by atoms with Crippen molar-refractivity contribution in [2.75, 3.05) is 12.4 Å². The molecule has 2 heterocycles. The van der Waals surface area contributed by atoms with Crippen molar-refractivity contribution >= 4 is 59.0 Å². The summed E-state index contributed by atoms with van der Waals surface area (Å²) in [5.74, 6) is 0.311. The molecule has 9 heteroatoms. The number of anilines is 1. The maximum Gasteiger partial charge on any atom is 0.244 e. The number of nitrogens with zero attached hydrogens (tertiary/aromatic N) is 1. The smallest absolute Gasteiger partial charge is 0.244 e. The Balaban J connectivity index is 2.26. The van der Waals surface area contributed by atoms with Gasteiger partial charge in [0.15, 0.2) is 0 Å². The van der Waals surface area contributed by atoms with Gasteiger partial charge >= 0.3 is 0 Å². The molecular weight excluding hydrogens is 430 g/mol. The first-order valence-electron chi connectivity index (χ1n) is 5.49. The number of aromatic nitrogens is 1. The van der Waals surface area contributed by atoms with E-state index >= 15 is 0 Å². The second kappa shape index (κ2) is 6.52. The highest BCUT2D eigenvalue weighted by molar-refractivity contribution is 9.10. The molecule has 0 unspecified atom stereocenters. The standard InChI is InChI=1S/C11H11Br2N3O2S2/c1-14-11-10(4-7(12)5-15-11)20(17,18)16-6-9-8(13)2-3-19-9/h2-5,16H,6H2,1H3,(H,14,15). The van der Waals surface area contributed by atoms with Crippen LogP contribution in [0, 0.1) is 0 Å². The van der Waals surface area contributed by atoms with E-state index in [9.17, 15) is 8.42 Å². The molecule has 2 aromatic rings. The fourth-order valence-corrected chi connectivity index (χ4v) is 4.69. The van der Waals surface area contributed by atoms with Crippen molar-refractivity contribution in [3.05, 3.63) is 37.5 Å². The van der Waals surface area contributed by atoms with E-state index in [0.29, 0.717) is 10.3 Å². The Morgan fingerprint density at radius 1 is 1.40 bits per heavy atom. The number of hydrogen-bond donors (Lipinski definition) is 2. The molecule has 0 saturated carbocycles. The zero-order chi connectivity index (χ0) is 14.8. The van der Waals surface area contributed by atoms with Gasteiger partial charge in [0.25, 0.3) is 0 Å². The van der Waals surface area contributed by atoms with Gasteiger partial charge < -0.3 is 5.32 Å². The topological polar surface area (TPSA) is 71.1 Å². The van der Waals surface area contributed by atoms with Crippen LogP contribution in [0.25, 0.3) is 0 Å². The quantitative estimate of drug-likeness (QED) is 0.748. The van der Waals surface area contributed by atoms with Gasteiger partial charge in [-0.3, -0.25) is 0 Å². The summed E-state index contributed by atoms with van der Waals surface area (Å²) in [6.45, 7) is 0.232. The summed E-state index contributed by atoms with van der Waals surface area (Å²) in [5, 5.41) is 4.67. The molecule has 5 nitrogen and oxygen atoms in total. The SMILES string of the molecule is CNc1ncc(Br)cc1S(=O)(=O)NCc1sccc1Br. The molecule has 0 amide bonds. The number of sulfonamides is 1. The molecule has 0 aliphatic carbocycles. The lowest BCUT2D eigenvalue weighted by molar-refractivity contribution is 0.581. The molecule has 0 aliphatic rings. The lowest BCUT2D eigenvalue weighted by atomic mass is 10.4. The van der Waals surface area contributed by atoms with E-state index in [1.54, 1.807) is 13.2 Å². The van der Waals surface area contributed by atoms with Gasteiger partial charge in [0.2, 0.25) is 10.0 Å². The molecule has 0 bridgehead atoms. The Bertz CT molecular complexity index is 716. The lowest BCUT2D eigenvalue weighted by Gasteiger charge is -2.10. The third kappa shape index (κ3) is 3.59. The molecule has 0 aliphatic heterocycles. The third-order valence-corrected chi connectivity index (χ3v) is 6.23. The Hall–Kier alpha value is -0.480. The molecule has 0 saturated heterocycles. The predicted octanol–water partition coefficient (Wildman–Crippen LogP) is 3.19. The fourth-order valence-electron chi connectivity index (χ4n) is 1.50. The first kappa shape index (κ1) is 15.9. The van der Waals surface area contributed by atoms with Crippen molar-refractivity contribution in [2.24, 2.45) is 0 Å². The zero-order valence-electron chi connectivity index (χ0n) is 10.4. The number of pyridine rings is 1. The first-order chi connectivity index (χ1) is 9.44. The Morgan fingerprint density at radius 3 is 2.75 bits per heavy atom. The molecule has 0 spiro atoms. The minimum atomic E-state index is -3.64. The van der Waals surface area contributed by atoms with E-state index in [1.807, 2.05) is 11.4 Å². The predicted molar refractivity (Wildman–Crippen MR) is 87.5 cm³/mol. The van der Waals surface area contributed by atoms with E-state index in [2.05, 4.69) is 46.9 Å². The summed E-state index contributed by atoms with van der Waals surface area (Å²) in [6.07, 6.45) is 1.54. The van der Waals surface area contributed by atoms with Crippen molar-refractivity contribution in [2.45, 2.75) is 11.4 Å². The van der Waals surface area contributed by atoms with Crippen LogP contribution in [-0.2, 0) is 16.6 Å². The maximum absolute atomic E-state index is 12.3. The second-order valence-corrected chi connectivity index (χ2v) is 8.27. The van der Waals surface area contributed by atoms with Crippen LogP contribution in [0.2, 0.25) is 0 Å². The largest absolute Gasteiger partial charge is 0.372 e. The van der Waals surface area contributed by atoms with Gasteiger partial charge in [-0.2, -0.15) is 0 Å². The summed E-state index contributed by atoms with van der Waals surface area (Å²) in [6, 6.07) is 3.40. The highest BCUT2D eigenvalue weighted by Gasteiger charge is 2.20. The van der Waals surface area contributed by atoms with E-state index in [-0.39, 0.29) is 11.4 Å². The minimum absolute atomic E-state index is 0.113. The minimum Gasteiger partial charge on any atom is -0.372 e. The number of rotatable bonds is 5. The second-order valence-electron chi connectivity index (χ2n) is 3.77. The average Bonchev–Trinajstić information content (AvgIpc) is 2.82. The van der Waals surface area contributed by atoms with Gasteiger partial charge in [0.05, 0.1) is 0 Å². The molecule has 0 aromatic carbocycles. The first-order valence-corrected chi connectivity index (χ1v) is 9.44. The summed E-state index contributed by atoms with van der Waals surface area (Å²) >= 11 is 8.09. The number of nitrogens with one attached hydrogen (secondary N) is 2. The van der Waals surface area contributed by atoms with E-state index in [0.717, 1.165) is 9.35 Å². The van der Waals surface area contributed by atoms with Crippen molar-refractivity contribution in [3.63, 3.8) is 0 Å². The highest BCUT2D eigenvalue weighted by atomic mass is 79.9. The third-order valence-electron chi connectivity index (χ3n) is 2.46. The van der Waals surface area contributed by atoms with Crippen LogP contribution in [0.15, 0.2) is 37.6 Å². The molecular formula is C11H11Br2N3O2S2. The van der Waals surface area contributed by atoms with Crippen molar-refractivity contribution < 1.29 is 8.42 Å². The monoisotopic (exact) mass is 439 g/mol. The van der Waals surface area contributed by atoms with Crippen molar-refractivity contribution in [1.82, 2.24) is 9.71 Å². The van der Waals surface area contributed by atoms with E-state index in [4.69, 9.17) is 0 Å². The van der Waals surface area contributed by atoms with Gasteiger partial charge in [0.1, 0.15) is 10.7 Å². The van der Waals surface area contributed by atoms with E-state index in [1.165, 1.54) is 17.4 Å². The Kier molecular flexibility index (Phi) is 5.19. The lowest BCUT2D eigenvalue weighted by Crippen LogP contribution is -2.24. The zero-order valence-corrected chi connectivity index (χ0v) is 15.2. The van der Waals surface area contributed by atoms with Gasteiger partial charge in [-0.05, 0) is 49.4 Å². The van der Waals surface area contributed by atoms with Crippen LogP contribution in [0.1, 0.15) is 4.88 Å². The van der Waals surface area contributed by atoms with E-state index < -0.39 is 10.0 Å². The summed E-state index contributed by atoms with van der Waals surface area (Å²) in [7, 11) is -2.01. The number of thiophene rings is 1. The molecule has 108 valence electrons. The van der Waals surface area contributed by atoms with Crippen molar-refractivity contribution in [3.8, 4) is 0 Å². The fraction of sp³-hybridized carbons (Fsp3) is 0.182. The van der Waals surface area contributed by atoms with Crippen molar-refractivity contribution in [1.29, 1.82) is 0 Å². The van der Waals surface area contributed by atoms with Crippen LogP contribution in [0.4, 0.5) is 5.82 Å². The molecule has 0 atom stereocenters. The normalized spacial score (nSPS) is 11.6. The Morgan fingerprint density at radius 2 is 2.15 bits per heavy atom. The molecule has 2 N–H and O–H groups in total. The maximum atomic E-state index is 12.3. The molecule has 2 rings (SSSR count). The highest BCUT2D eigenvalue weighted by Crippen LogP contribution is 2.25. The summed E-state index contributed by atoms with van der Waals surface area (Å²) in [4.78, 5) is 5.07. The average molecular weight is 441 g/mol. The van der Waals surface area contributed by atoms with Crippen LogP contribution < -0.4 is 10.0 Å². The molecule has 2 aromatic heterocycles. The van der Waals surface area contributed by atoms with Crippen LogP contribution in [0.3, 0.4) is 0 Å². The summed E-state index contributed by atoms with van der Waals surface area (Å²) in [5.41, 5.74) is 0. The summed E-state index contributed by atoms with van der Waals surface area (Å²) < 4.78 is 28.8.